The van der Waals surface area contributed by atoms with Crippen molar-refractivity contribution < 1.29 is 0 Å². The van der Waals surface area contributed by atoms with Crippen molar-refractivity contribution in [2.24, 2.45) is 0 Å². The Labute approximate surface area is 96.0 Å². The normalized spacial score (nSPS) is 11.1. The third kappa shape index (κ3) is 1.46. The van der Waals surface area contributed by atoms with Crippen LogP contribution in [0.5, 0.6) is 0 Å². The Morgan fingerprint density at radius 1 is 1.57 bits per heavy atom. The van der Waals surface area contributed by atoms with Gasteiger partial charge in [0, 0.05) is 28.0 Å². The van der Waals surface area contributed by atoms with E-state index in [4.69, 9.17) is 0 Å². The molecule has 0 aliphatic carbocycles. The Morgan fingerprint density at radius 3 is 3.00 bits per heavy atom. The number of nitrogens with zero attached hydrogens (tertiary/aromatic N) is 2. The Bertz CT molecular complexity index is 464. The summed E-state index contributed by atoms with van der Waals surface area (Å²) in [6.45, 7) is 2.16. The molecule has 2 nitrogen and oxygen atoms in total. The molecule has 2 aromatic rings. The zero-order chi connectivity index (χ0) is 10.1. The minimum atomic E-state index is 1.03. The average molecular weight is 271 g/mol. The molecule has 74 valence electrons. The average Bonchev–Trinajstić information content (AvgIpc) is 2.57. The second-order valence-electron chi connectivity index (χ2n) is 3.00. The van der Waals surface area contributed by atoms with E-state index in [0.717, 1.165) is 16.5 Å². The summed E-state index contributed by atoms with van der Waals surface area (Å²) in [5.74, 6) is 0. The molecule has 2 heterocycles. The van der Waals surface area contributed by atoms with Gasteiger partial charge in [-0.15, -0.1) is 0 Å². The molecule has 0 aliphatic heterocycles. The maximum atomic E-state index is 4.39. The predicted molar refractivity (Wildman–Crippen MR) is 65.7 cm³/mol. The van der Waals surface area contributed by atoms with Crippen molar-refractivity contribution in [1.82, 2.24) is 8.96 Å². The second-order valence-corrected chi connectivity index (χ2v) is 4.58. The van der Waals surface area contributed by atoms with Gasteiger partial charge in [0.1, 0.15) is 0 Å². The fourth-order valence-corrected chi connectivity index (χ4v) is 2.69. The highest BCUT2D eigenvalue weighted by molar-refractivity contribution is 9.10. The summed E-state index contributed by atoms with van der Waals surface area (Å²) in [6.07, 6.45) is 4.93. The summed E-state index contributed by atoms with van der Waals surface area (Å²) in [5, 5.41) is 1.19. The van der Waals surface area contributed by atoms with Crippen LogP contribution in [0.3, 0.4) is 0 Å². The van der Waals surface area contributed by atoms with Gasteiger partial charge in [0.15, 0.2) is 5.65 Å². The van der Waals surface area contributed by atoms with Gasteiger partial charge in [0.05, 0.1) is 0 Å². The molecule has 0 saturated carbocycles. The molecule has 0 bridgehead atoms. The topological polar surface area (TPSA) is 17.8 Å². The fraction of sp³-hybridized carbons (Fsp3) is 0.300. The standard InChI is InChI=1S/C10H11BrN2S/c1-3-7-6-8-9(11)4-5-12-10(8)13(7)14-2/h4-6H,3H2,1-2H3. The smallest absolute Gasteiger partial charge is 0.151 e. The summed E-state index contributed by atoms with van der Waals surface area (Å²) >= 11 is 5.24. The molecule has 0 atom stereocenters. The summed E-state index contributed by atoms with van der Waals surface area (Å²) in [4.78, 5) is 4.39. The number of rotatable bonds is 2. The molecule has 0 radical (unpaired) electrons. The van der Waals surface area contributed by atoms with Crippen LogP contribution in [0.25, 0.3) is 11.0 Å². The van der Waals surface area contributed by atoms with E-state index in [1.165, 1.54) is 11.1 Å². The lowest BCUT2D eigenvalue weighted by Gasteiger charge is -2.02. The number of fused-ring (bicyclic) bond motifs is 1. The number of pyridine rings is 1. The first-order chi connectivity index (χ1) is 6.77. The van der Waals surface area contributed by atoms with Gasteiger partial charge >= 0.3 is 0 Å². The van der Waals surface area contributed by atoms with Crippen LogP contribution in [0.1, 0.15) is 12.6 Å². The number of halogens is 1. The Morgan fingerprint density at radius 2 is 2.36 bits per heavy atom. The number of aromatic nitrogens is 2. The van der Waals surface area contributed by atoms with Gasteiger partial charge < -0.3 is 0 Å². The molecule has 2 rings (SSSR count). The Balaban J connectivity index is 2.79. The maximum Gasteiger partial charge on any atom is 0.151 e. The molecular formula is C10H11BrN2S. The molecule has 14 heavy (non-hydrogen) atoms. The molecule has 2 aromatic heterocycles. The van der Waals surface area contributed by atoms with Crippen molar-refractivity contribution in [1.29, 1.82) is 0 Å². The van der Waals surface area contributed by atoms with Crippen LogP contribution in [-0.2, 0) is 6.42 Å². The Hall–Kier alpha value is -0.480. The molecule has 0 N–H and O–H groups in total. The summed E-state index contributed by atoms with van der Waals surface area (Å²) in [5.41, 5.74) is 2.36. The lowest BCUT2D eigenvalue weighted by atomic mass is 10.3. The zero-order valence-corrected chi connectivity index (χ0v) is 10.5. The zero-order valence-electron chi connectivity index (χ0n) is 8.12. The first-order valence-electron chi connectivity index (χ1n) is 4.47. The molecule has 4 heteroatoms. The third-order valence-corrected chi connectivity index (χ3v) is 3.69. The van der Waals surface area contributed by atoms with Crippen LogP contribution in [-0.4, -0.2) is 15.2 Å². The monoisotopic (exact) mass is 270 g/mol. The Kier molecular flexibility index (Phi) is 2.83. The van der Waals surface area contributed by atoms with Crippen molar-refractivity contribution in [2.75, 3.05) is 6.26 Å². The van der Waals surface area contributed by atoms with E-state index in [2.05, 4.69) is 44.1 Å². The van der Waals surface area contributed by atoms with Crippen LogP contribution in [0.2, 0.25) is 0 Å². The van der Waals surface area contributed by atoms with Gasteiger partial charge in [-0.25, -0.2) is 4.98 Å². The van der Waals surface area contributed by atoms with Crippen LogP contribution < -0.4 is 0 Å². The van der Waals surface area contributed by atoms with Crippen molar-refractivity contribution in [3.05, 3.63) is 28.5 Å². The lowest BCUT2D eigenvalue weighted by molar-refractivity contribution is 1.03. The summed E-state index contributed by atoms with van der Waals surface area (Å²) in [6, 6.07) is 4.18. The van der Waals surface area contributed by atoms with Crippen LogP contribution in [0, 0.1) is 0 Å². The molecule has 0 aromatic carbocycles. The highest BCUT2D eigenvalue weighted by Crippen LogP contribution is 2.28. The first kappa shape index (κ1) is 10.1. The van der Waals surface area contributed by atoms with Gasteiger partial charge in [0.25, 0.3) is 0 Å². The van der Waals surface area contributed by atoms with E-state index >= 15 is 0 Å². The van der Waals surface area contributed by atoms with Gasteiger partial charge in [-0.05, 0) is 46.4 Å². The van der Waals surface area contributed by atoms with Gasteiger partial charge in [-0.1, -0.05) is 6.92 Å². The molecule has 0 spiro atoms. The van der Waals surface area contributed by atoms with Crippen molar-refractivity contribution >= 4 is 38.9 Å². The second kappa shape index (κ2) is 3.95. The highest BCUT2D eigenvalue weighted by atomic mass is 79.9. The van der Waals surface area contributed by atoms with Crippen LogP contribution >= 0.6 is 27.9 Å². The lowest BCUT2D eigenvalue weighted by Crippen LogP contribution is -1.92. The molecule has 0 fully saturated rings. The van der Waals surface area contributed by atoms with Crippen molar-refractivity contribution in [3.8, 4) is 0 Å². The molecule has 0 unspecified atom stereocenters. The van der Waals surface area contributed by atoms with E-state index in [1.807, 2.05) is 12.3 Å². The predicted octanol–water partition coefficient (Wildman–Crippen LogP) is 3.49. The van der Waals surface area contributed by atoms with Crippen molar-refractivity contribution in [2.45, 2.75) is 13.3 Å². The SMILES string of the molecule is CCc1cc2c(Br)ccnc2n1SC. The molecule has 0 saturated heterocycles. The highest BCUT2D eigenvalue weighted by Gasteiger charge is 2.09. The van der Waals surface area contributed by atoms with Gasteiger partial charge in [0.2, 0.25) is 0 Å². The third-order valence-electron chi connectivity index (χ3n) is 2.22. The molecule has 0 amide bonds. The molecular weight excluding hydrogens is 260 g/mol. The van der Waals surface area contributed by atoms with E-state index < -0.39 is 0 Å². The summed E-state index contributed by atoms with van der Waals surface area (Å²) in [7, 11) is 0. The van der Waals surface area contributed by atoms with Gasteiger partial charge in [-0.3, -0.25) is 3.97 Å². The van der Waals surface area contributed by atoms with E-state index in [9.17, 15) is 0 Å². The quantitative estimate of drug-likeness (QED) is 0.832. The van der Waals surface area contributed by atoms with Gasteiger partial charge in [-0.2, -0.15) is 0 Å². The van der Waals surface area contributed by atoms with E-state index in [0.29, 0.717) is 0 Å². The van der Waals surface area contributed by atoms with E-state index in [-0.39, 0.29) is 0 Å². The van der Waals surface area contributed by atoms with Crippen LogP contribution in [0.4, 0.5) is 0 Å². The maximum absolute atomic E-state index is 4.39. The minimum Gasteiger partial charge on any atom is -0.272 e. The number of hydrogen-bond donors (Lipinski definition) is 0. The van der Waals surface area contributed by atoms with Crippen LogP contribution in [0.15, 0.2) is 22.8 Å². The molecule has 0 aliphatic rings. The van der Waals surface area contributed by atoms with E-state index in [1.54, 1.807) is 11.9 Å². The minimum absolute atomic E-state index is 1.03. The number of aryl methyl sites for hydroxylation is 1. The fourth-order valence-electron chi connectivity index (χ4n) is 1.55. The number of hydrogen-bond acceptors (Lipinski definition) is 2. The largest absolute Gasteiger partial charge is 0.272 e. The van der Waals surface area contributed by atoms with Crippen molar-refractivity contribution in [3.63, 3.8) is 0 Å². The first-order valence-corrected chi connectivity index (χ1v) is 6.44. The summed E-state index contributed by atoms with van der Waals surface area (Å²) < 4.78 is 3.30.